The number of fused-ring (bicyclic) bond motifs is 1. The van der Waals surface area contributed by atoms with E-state index in [1.807, 2.05) is 0 Å². The first-order valence-corrected chi connectivity index (χ1v) is 5.08. The van der Waals surface area contributed by atoms with Gasteiger partial charge in [-0.3, -0.25) is 0 Å². The number of nitrogens with one attached hydrogen (secondary N) is 1. The number of rotatable bonds is 2. The summed E-state index contributed by atoms with van der Waals surface area (Å²) in [5.74, 6) is -0.241. The quantitative estimate of drug-likeness (QED) is 0.785. The maximum Gasteiger partial charge on any atom is 0.404 e. The third kappa shape index (κ3) is 2.49. The fourth-order valence-electron chi connectivity index (χ4n) is 1.85. The topological polar surface area (TPSA) is 64.4 Å². The summed E-state index contributed by atoms with van der Waals surface area (Å²) in [6.45, 7) is 0.869. The molecule has 3 N–H and O–H groups in total. The Morgan fingerprint density at radius 2 is 2.38 bits per heavy atom. The lowest BCUT2D eigenvalue weighted by molar-refractivity contribution is 0.141. The maximum absolute atomic E-state index is 13.0. The smallest absolute Gasteiger partial charge is 0.404 e. The van der Waals surface area contributed by atoms with Gasteiger partial charge in [-0.2, -0.15) is 0 Å². The van der Waals surface area contributed by atoms with Crippen molar-refractivity contribution < 1.29 is 13.9 Å². The second-order valence-electron chi connectivity index (χ2n) is 3.83. The number of benzene rings is 1. The third-order valence-electron chi connectivity index (χ3n) is 2.64. The number of carbonyl (C=O) groups is 1. The van der Waals surface area contributed by atoms with Gasteiger partial charge in [0.25, 0.3) is 0 Å². The molecule has 0 saturated carbocycles. The number of hydrogen-bond donors (Lipinski definition) is 2. The molecule has 1 amide bonds. The molecule has 0 saturated heterocycles. The molecule has 0 aliphatic carbocycles. The highest BCUT2D eigenvalue weighted by molar-refractivity contribution is 5.64. The molecule has 0 bridgehead atoms. The van der Waals surface area contributed by atoms with Crippen molar-refractivity contribution in [3.8, 4) is 0 Å². The average Bonchev–Trinajstić information content (AvgIpc) is 2.25. The second-order valence-corrected chi connectivity index (χ2v) is 3.83. The van der Waals surface area contributed by atoms with Gasteiger partial charge in [-0.25, -0.2) is 9.18 Å². The van der Waals surface area contributed by atoms with Crippen molar-refractivity contribution in [2.45, 2.75) is 19.0 Å². The van der Waals surface area contributed by atoms with Gasteiger partial charge in [-0.15, -0.1) is 0 Å². The fraction of sp³-hybridized carbons (Fsp3) is 0.364. The van der Waals surface area contributed by atoms with Crippen LogP contribution in [0.1, 0.15) is 11.1 Å². The molecule has 1 atom stereocenters. The molecule has 1 aromatic carbocycles. The Hall–Kier alpha value is -1.62. The lowest BCUT2D eigenvalue weighted by Gasteiger charge is -2.25. The van der Waals surface area contributed by atoms with Crippen molar-refractivity contribution in [1.82, 2.24) is 5.32 Å². The molecule has 1 aromatic rings. The molecule has 5 heteroatoms. The summed E-state index contributed by atoms with van der Waals surface area (Å²) in [7, 11) is 0. The summed E-state index contributed by atoms with van der Waals surface area (Å²) in [5.41, 5.74) is 6.92. The Morgan fingerprint density at radius 1 is 1.56 bits per heavy atom. The third-order valence-corrected chi connectivity index (χ3v) is 2.64. The zero-order valence-electron chi connectivity index (χ0n) is 8.70. The molecule has 1 heterocycles. The summed E-state index contributed by atoms with van der Waals surface area (Å²) in [6.07, 6.45) is -0.146. The Morgan fingerprint density at radius 3 is 3.12 bits per heavy atom. The predicted octanol–water partition coefficient (Wildman–Crippen LogP) is 0.935. The van der Waals surface area contributed by atoms with Crippen molar-refractivity contribution in [1.29, 1.82) is 0 Å². The summed E-state index contributed by atoms with van der Waals surface area (Å²) in [4.78, 5) is 10.5. The van der Waals surface area contributed by atoms with Crippen LogP contribution in [0.3, 0.4) is 0 Å². The SMILES string of the molecule is NC(=O)OC[C@@H]1Cc2cc(F)ccc2CN1. The number of nitrogens with two attached hydrogens (primary N) is 1. The number of primary amides is 1. The van der Waals surface area contributed by atoms with Gasteiger partial charge in [0.2, 0.25) is 0 Å². The van der Waals surface area contributed by atoms with Crippen molar-refractivity contribution in [3.05, 3.63) is 35.1 Å². The van der Waals surface area contributed by atoms with Crippen molar-refractivity contribution >= 4 is 6.09 Å². The minimum absolute atomic E-state index is 0.00167. The number of halogens is 1. The van der Waals surface area contributed by atoms with Crippen molar-refractivity contribution in [2.75, 3.05) is 6.61 Å². The lowest BCUT2D eigenvalue weighted by atomic mass is 9.96. The minimum atomic E-state index is -0.785. The summed E-state index contributed by atoms with van der Waals surface area (Å²) in [5, 5.41) is 3.19. The van der Waals surface area contributed by atoms with E-state index in [1.54, 1.807) is 6.07 Å². The van der Waals surface area contributed by atoms with E-state index in [0.717, 1.165) is 11.1 Å². The number of ether oxygens (including phenoxy) is 1. The van der Waals surface area contributed by atoms with E-state index in [2.05, 4.69) is 5.32 Å². The van der Waals surface area contributed by atoms with Crippen LogP contribution in [-0.4, -0.2) is 18.7 Å². The number of amides is 1. The minimum Gasteiger partial charge on any atom is -0.448 e. The standard InChI is InChI=1S/C11H13FN2O2/c12-9-2-1-7-5-14-10(4-8(7)3-9)6-16-11(13)15/h1-3,10,14H,4-6H2,(H2,13,15)/t10-/m0/s1. The highest BCUT2D eigenvalue weighted by Crippen LogP contribution is 2.18. The first-order chi connectivity index (χ1) is 7.65. The molecule has 0 aromatic heterocycles. The Kier molecular flexibility index (Phi) is 3.05. The van der Waals surface area contributed by atoms with Gasteiger partial charge >= 0.3 is 6.09 Å². The van der Waals surface area contributed by atoms with Crippen molar-refractivity contribution in [3.63, 3.8) is 0 Å². The van der Waals surface area contributed by atoms with Gasteiger partial charge < -0.3 is 15.8 Å². The van der Waals surface area contributed by atoms with Gasteiger partial charge in [0, 0.05) is 12.6 Å². The van der Waals surface area contributed by atoms with Crippen LogP contribution in [0.5, 0.6) is 0 Å². The van der Waals surface area contributed by atoms with Crippen LogP contribution in [0.25, 0.3) is 0 Å². The molecular weight excluding hydrogens is 211 g/mol. The molecule has 0 fully saturated rings. The van der Waals surface area contributed by atoms with Crippen LogP contribution in [0.15, 0.2) is 18.2 Å². The van der Waals surface area contributed by atoms with E-state index in [9.17, 15) is 9.18 Å². The molecule has 0 spiro atoms. The molecule has 2 rings (SSSR count). The van der Waals surface area contributed by atoms with Crippen molar-refractivity contribution in [2.24, 2.45) is 5.73 Å². The van der Waals surface area contributed by atoms with Gasteiger partial charge in [0.05, 0.1) is 0 Å². The lowest BCUT2D eigenvalue weighted by Crippen LogP contribution is -2.40. The van der Waals surface area contributed by atoms with Crippen LogP contribution in [0.2, 0.25) is 0 Å². The zero-order chi connectivity index (χ0) is 11.5. The monoisotopic (exact) mass is 224 g/mol. The molecule has 0 radical (unpaired) electrons. The van der Waals surface area contributed by atoms with Gasteiger partial charge in [0.1, 0.15) is 12.4 Å². The van der Waals surface area contributed by atoms with Crippen LogP contribution < -0.4 is 11.1 Å². The summed E-state index contributed by atoms with van der Waals surface area (Å²) >= 11 is 0. The first kappa shape index (κ1) is 10.9. The highest BCUT2D eigenvalue weighted by Gasteiger charge is 2.19. The van der Waals surface area contributed by atoms with E-state index in [4.69, 9.17) is 10.5 Å². The molecule has 1 aliphatic heterocycles. The van der Waals surface area contributed by atoms with Crippen LogP contribution in [0, 0.1) is 5.82 Å². The van der Waals surface area contributed by atoms with E-state index in [-0.39, 0.29) is 18.5 Å². The summed E-state index contributed by atoms with van der Waals surface area (Å²) < 4.78 is 17.7. The molecule has 86 valence electrons. The predicted molar refractivity (Wildman–Crippen MR) is 56.3 cm³/mol. The molecular formula is C11H13FN2O2. The normalized spacial score (nSPS) is 18.9. The average molecular weight is 224 g/mol. The van der Waals surface area contributed by atoms with Crippen LogP contribution in [-0.2, 0) is 17.7 Å². The van der Waals surface area contributed by atoms with E-state index >= 15 is 0 Å². The maximum atomic E-state index is 13.0. The first-order valence-electron chi connectivity index (χ1n) is 5.08. The largest absolute Gasteiger partial charge is 0.448 e. The number of hydrogen-bond acceptors (Lipinski definition) is 3. The van der Waals surface area contributed by atoms with Gasteiger partial charge in [0.15, 0.2) is 0 Å². The Labute approximate surface area is 92.6 Å². The van der Waals surface area contributed by atoms with Crippen LogP contribution >= 0.6 is 0 Å². The van der Waals surface area contributed by atoms with Gasteiger partial charge in [-0.1, -0.05) is 6.07 Å². The summed E-state index contributed by atoms with van der Waals surface area (Å²) in [6, 6.07) is 4.73. The van der Waals surface area contributed by atoms with E-state index in [0.29, 0.717) is 13.0 Å². The Balaban J connectivity index is 2.02. The van der Waals surface area contributed by atoms with E-state index in [1.165, 1.54) is 12.1 Å². The fourth-order valence-corrected chi connectivity index (χ4v) is 1.85. The highest BCUT2D eigenvalue weighted by atomic mass is 19.1. The zero-order valence-corrected chi connectivity index (χ0v) is 8.70. The molecule has 16 heavy (non-hydrogen) atoms. The molecule has 0 unspecified atom stereocenters. The number of carbonyl (C=O) groups excluding carboxylic acids is 1. The Bertz CT molecular complexity index is 409. The molecule has 1 aliphatic rings. The molecule has 4 nitrogen and oxygen atoms in total. The van der Waals surface area contributed by atoms with E-state index < -0.39 is 6.09 Å². The van der Waals surface area contributed by atoms with Gasteiger partial charge in [-0.05, 0) is 29.7 Å². The second kappa shape index (κ2) is 4.49. The van der Waals surface area contributed by atoms with Crippen LogP contribution in [0.4, 0.5) is 9.18 Å².